The van der Waals surface area contributed by atoms with Crippen molar-refractivity contribution >= 4 is 33.3 Å². The number of ketones is 1. The Morgan fingerprint density at radius 2 is 1.63 bits per heavy atom. The van der Waals surface area contributed by atoms with Gasteiger partial charge in [-0.15, -0.1) is 0 Å². The third-order valence-electron chi connectivity index (χ3n) is 3.08. The molecule has 0 aliphatic heterocycles. The maximum absolute atomic E-state index is 12.6. The van der Waals surface area contributed by atoms with Crippen molar-refractivity contribution in [3.8, 4) is 0 Å². The summed E-state index contributed by atoms with van der Waals surface area (Å²) in [6.07, 6.45) is 0. The van der Waals surface area contributed by atoms with E-state index in [2.05, 4.69) is 15.9 Å². The van der Waals surface area contributed by atoms with Gasteiger partial charge in [-0.25, -0.2) is 0 Å². The molecule has 0 amide bonds. The molecule has 0 radical (unpaired) electrons. The third kappa shape index (κ3) is 2.90. The molecular formula is C16H14BrClO. The highest BCUT2D eigenvalue weighted by molar-refractivity contribution is 9.10. The van der Waals surface area contributed by atoms with Gasteiger partial charge in [0.25, 0.3) is 0 Å². The van der Waals surface area contributed by atoms with Gasteiger partial charge >= 0.3 is 0 Å². The maximum atomic E-state index is 12.6. The standard InChI is InChI=1S/C16H14BrClO/c1-9-6-10(2)15(11(3)7-9)16(19)13-5-4-12(17)8-14(13)18/h4-8H,1-3H3. The van der Waals surface area contributed by atoms with Gasteiger partial charge in [-0.2, -0.15) is 0 Å². The second kappa shape index (κ2) is 5.48. The smallest absolute Gasteiger partial charge is 0.195 e. The summed E-state index contributed by atoms with van der Waals surface area (Å²) in [6.45, 7) is 5.95. The fraction of sp³-hybridized carbons (Fsp3) is 0.188. The number of carbonyl (C=O) groups excluding carboxylic acids is 1. The zero-order valence-electron chi connectivity index (χ0n) is 11.1. The van der Waals surface area contributed by atoms with Crippen molar-refractivity contribution in [2.75, 3.05) is 0 Å². The Balaban J connectivity index is 2.56. The van der Waals surface area contributed by atoms with Crippen molar-refractivity contribution in [1.82, 2.24) is 0 Å². The van der Waals surface area contributed by atoms with Crippen LogP contribution in [0, 0.1) is 20.8 Å². The number of hydrogen-bond acceptors (Lipinski definition) is 1. The van der Waals surface area contributed by atoms with Crippen LogP contribution in [0.15, 0.2) is 34.8 Å². The molecule has 19 heavy (non-hydrogen) atoms. The fourth-order valence-corrected chi connectivity index (χ4v) is 3.11. The van der Waals surface area contributed by atoms with Crippen molar-refractivity contribution in [3.63, 3.8) is 0 Å². The second-order valence-corrected chi connectivity index (χ2v) is 6.05. The maximum Gasteiger partial charge on any atom is 0.195 e. The summed E-state index contributed by atoms with van der Waals surface area (Å²) in [5.41, 5.74) is 4.42. The monoisotopic (exact) mass is 336 g/mol. The van der Waals surface area contributed by atoms with Crippen LogP contribution >= 0.6 is 27.5 Å². The van der Waals surface area contributed by atoms with E-state index in [0.717, 1.165) is 26.7 Å². The minimum absolute atomic E-state index is 0.0208. The van der Waals surface area contributed by atoms with Crippen LogP contribution in [0.2, 0.25) is 5.02 Å². The summed E-state index contributed by atoms with van der Waals surface area (Å²) in [5.74, 6) is -0.0208. The van der Waals surface area contributed by atoms with Crippen LogP contribution in [0.4, 0.5) is 0 Å². The first-order valence-electron chi connectivity index (χ1n) is 5.97. The molecule has 0 saturated heterocycles. The van der Waals surface area contributed by atoms with Crippen LogP contribution in [-0.2, 0) is 0 Å². The first-order chi connectivity index (χ1) is 8.90. The first-order valence-corrected chi connectivity index (χ1v) is 7.15. The molecule has 0 N–H and O–H groups in total. The van der Waals surface area contributed by atoms with Gasteiger partial charge in [-0.3, -0.25) is 4.79 Å². The molecule has 0 unspecified atom stereocenters. The lowest BCUT2D eigenvalue weighted by Gasteiger charge is -2.11. The number of carbonyl (C=O) groups is 1. The van der Waals surface area contributed by atoms with E-state index in [1.807, 2.05) is 39.0 Å². The molecule has 0 spiro atoms. The van der Waals surface area contributed by atoms with Gasteiger partial charge in [0.1, 0.15) is 0 Å². The van der Waals surface area contributed by atoms with Crippen molar-refractivity contribution in [2.45, 2.75) is 20.8 Å². The molecule has 0 aliphatic rings. The molecule has 98 valence electrons. The first kappa shape index (κ1) is 14.3. The van der Waals surface area contributed by atoms with E-state index in [1.165, 1.54) is 0 Å². The van der Waals surface area contributed by atoms with Crippen LogP contribution in [0.3, 0.4) is 0 Å². The largest absolute Gasteiger partial charge is 0.289 e. The zero-order chi connectivity index (χ0) is 14.2. The second-order valence-electron chi connectivity index (χ2n) is 4.73. The average molecular weight is 338 g/mol. The van der Waals surface area contributed by atoms with Gasteiger partial charge in [0.2, 0.25) is 0 Å². The van der Waals surface area contributed by atoms with Gasteiger partial charge in [0.05, 0.1) is 5.02 Å². The average Bonchev–Trinajstić information content (AvgIpc) is 2.26. The van der Waals surface area contributed by atoms with Crippen molar-refractivity contribution in [1.29, 1.82) is 0 Å². The number of hydrogen-bond donors (Lipinski definition) is 0. The van der Waals surface area contributed by atoms with E-state index in [4.69, 9.17) is 11.6 Å². The zero-order valence-corrected chi connectivity index (χ0v) is 13.4. The molecule has 0 fully saturated rings. The molecule has 0 heterocycles. The summed E-state index contributed by atoms with van der Waals surface area (Å²) < 4.78 is 0.867. The van der Waals surface area contributed by atoms with E-state index < -0.39 is 0 Å². The Morgan fingerprint density at radius 1 is 1.05 bits per heavy atom. The van der Waals surface area contributed by atoms with E-state index in [1.54, 1.807) is 12.1 Å². The van der Waals surface area contributed by atoms with Crippen LogP contribution in [0.1, 0.15) is 32.6 Å². The summed E-state index contributed by atoms with van der Waals surface area (Å²) >= 11 is 9.50. The Morgan fingerprint density at radius 3 is 2.16 bits per heavy atom. The van der Waals surface area contributed by atoms with Gasteiger partial charge in [-0.1, -0.05) is 45.2 Å². The fourth-order valence-electron chi connectivity index (χ4n) is 2.35. The highest BCUT2D eigenvalue weighted by Crippen LogP contribution is 2.26. The molecule has 0 atom stereocenters. The van der Waals surface area contributed by atoms with Crippen molar-refractivity contribution in [2.24, 2.45) is 0 Å². The lowest BCUT2D eigenvalue weighted by atomic mass is 9.93. The molecule has 3 heteroatoms. The van der Waals surface area contributed by atoms with Crippen LogP contribution in [0.5, 0.6) is 0 Å². The Bertz CT molecular complexity index is 639. The minimum Gasteiger partial charge on any atom is -0.289 e. The number of aryl methyl sites for hydroxylation is 3. The predicted octanol–water partition coefficient (Wildman–Crippen LogP) is 5.26. The summed E-state index contributed by atoms with van der Waals surface area (Å²) in [6, 6.07) is 9.37. The van der Waals surface area contributed by atoms with Gasteiger partial charge in [0, 0.05) is 15.6 Å². The highest BCUT2D eigenvalue weighted by Gasteiger charge is 2.17. The lowest BCUT2D eigenvalue weighted by molar-refractivity contribution is 0.103. The Kier molecular flexibility index (Phi) is 4.12. The summed E-state index contributed by atoms with van der Waals surface area (Å²) in [5, 5.41) is 0.471. The molecule has 1 nitrogen and oxygen atoms in total. The Hall–Kier alpha value is -1.12. The van der Waals surface area contributed by atoms with Gasteiger partial charge in [-0.05, 0) is 50.1 Å². The lowest BCUT2D eigenvalue weighted by Crippen LogP contribution is -2.07. The molecule has 2 rings (SSSR count). The van der Waals surface area contributed by atoms with Gasteiger partial charge < -0.3 is 0 Å². The number of benzene rings is 2. The van der Waals surface area contributed by atoms with E-state index in [0.29, 0.717) is 10.6 Å². The van der Waals surface area contributed by atoms with Crippen LogP contribution in [-0.4, -0.2) is 5.78 Å². The molecule has 2 aromatic carbocycles. The summed E-state index contributed by atoms with van der Waals surface area (Å²) in [7, 11) is 0. The Labute approximate surface area is 126 Å². The van der Waals surface area contributed by atoms with E-state index >= 15 is 0 Å². The SMILES string of the molecule is Cc1cc(C)c(C(=O)c2ccc(Br)cc2Cl)c(C)c1. The molecule has 2 aromatic rings. The number of halogens is 2. The normalized spacial score (nSPS) is 10.6. The highest BCUT2D eigenvalue weighted by atomic mass is 79.9. The number of rotatable bonds is 2. The minimum atomic E-state index is -0.0208. The molecule has 0 saturated carbocycles. The predicted molar refractivity (Wildman–Crippen MR) is 83.2 cm³/mol. The molecule has 0 aromatic heterocycles. The van der Waals surface area contributed by atoms with Crippen molar-refractivity contribution < 1.29 is 4.79 Å². The van der Waals surface area contributed by atoms with Crippen molar-refractivity contribution in [3.05, 3.63) is 67.6 Å². The topological polar surface area (TPSA) is 17.1 Å². The molecular weight excluding hydrogens is 324 g/mol. The quantitative estimate of drug-likeness (QED) is 0.683. The summed E-state index contributed by atoms with van der Waals surface area (Å²) in [4.78, 5) is 12.6. The van der Waals surface area contributed by atoms with Crippen LogP contribution < -0.4 is 0 Å². The third-order valence-corrected chi connectivity index (χ3v) is 3.89. The van der Waals surface area contributed by atoms with E-state index in [9.17, 15) is 4.79 Å². The molecule has 0 bridgehead atoms. The molecule has 0 aliphatic carbocycles. The van der Waals surface area contributed by atoms with Gasteiger partial charge in [0.15, 0.2) is 5.78 Å². The van der Waals surface area contributed by atoms with Crippen LogP contribution in [0.25, 0.3) is 0 Å². The van der Waals surface area contributed by atoms with E-state index in [-0.39, 0.29) is 5.78 Å².